The lowest BCUT2D eigenvalue weighted by molar-refractivity contribution is 0.136. The summed E-state index contributed by atoms with van der Waals surface area (Å²) in [5, 5.41) is 7.42. The zero-order valence-corrected chi connectivity index (χ0v) is 13.7. The Morgan fingerprint density at radius 2 is 2.10 bits per heavy atom. The molecule has 3 rings (SSSR count). The number of nitrogens with one attached hydrogen (secondary N) is 1. The number of rotatable bonds is 3. The van der Waals surface area contributed by atoms with Crippen molar-refractivity contribution in [2.75, 3.05) is 13.2 Å². The molecule has 1 N–H and O–H groups in total. The molecule has 20 heavy (non-hydrogen) atoms. The maximum absolute atomic E-state index is 5.68. The van der Waals surface area contributed by atoms with Crippen molar-refractivity contribution < 1.29 is 4.74 Å². The molecule has 0 aromatic carbocycles. The van der Waals surface area contributed by atoms with Gasteiger partial charge in [-0.1, -0.05) is 20.8 Å². The first-order valence-electron chi connectivity index (χ1n) is 7.82. The van der Waals surface area contributed by atoms with Crippen LogP contribution in [0.4, 0.5) is 0 Å². The van der Waals surface area contributed by atoms with Gasteiger partial charge in [0.05, 0.1) is 11.2 Å². The molecule has 1 aromatic rings. The summed E-state index contributed by atoms with van der Waals surface area (Å²) in [7, 11) is 0. The Balaban J connectivity index is 1.89. The molecule has 112 valence electrons. The van der Waals surface area contributed by atoms with Crippen LogP contribution in [0.3, 0.4) is 0 Å². The molecular weight excluding hydrogens is 268 g/mol. The van der Waals surface area contributed by atoms with E-state index in [4.69, 9.17) is 9.72 Å². The molecule has 1 aliphatic carbocycles. The van der Waals surface area contributed by atoms with Crippen LogP contribution in [-0.4, -0.2) is 24.2 Å². The quantitative estimate of drug-likeness (QED) is 0.925. The predicted molar refractivity (Wildman–Crippen MR) is 83.3 cm³/mol. The molecule has 2 heterocycles. The minimum absolute atomic E-state index is 0.0613. The van der Waals surface area contributed by atoms with Gasteiger partial charge in [0, 0.05) is 30.1 Å². The monoisotopic (exact) mass is 294 g/mol. The van der Waals surface area contributed by atoms with Gasteiger partial charge >= 0.3 is 0 Å². The molecule has 0 radical (unpaired) electrons. The fourth-order valence-electron chi connectivity index (χ4n) is 2.83. The maximum Gasteiger partial charge on any atom is 0.113 e. The molecular formula is C16H26N2OS. The number of hydrogen-bond acceptors (Lipinski definition) is 4. The van der Waals surface area contributed by atoms with Crippen molar-refractivity contribution in [3.63, 3.8) is 0 Å². The first kappa shape index (κ1) is 14.5. The SMILES string of the molecule is CC(C)(C)c1csc(C2(NC3CC3)CCCOCC2)n1. The molecule has 0 amide bonds. The second-order valence-electron chi connectivity index (χ2n) is 7.25. The van der Waals surface area contributed by atoms with Gasteiger partial charge in [-0.2, -0.15) is 0 Å². The molecule has 1 atom stereocenters. The van der Waals surface area contributed by atoms with Crippen molar-refractivity contribution >= 4 is 11.3 Å². The molecule has 2 fully saturated rings. The van der Waals surface area contributed by atoms with E-state index in [1.807, 2.05) is 11.3 Å². The van der Waals surface area contributed by atoms with Crippen LogP contribution >= 0.6 is 11.3 Å². The first-order valence-corrected chi connectivity index (χ1v) is 8.69. The summed E-state index contributed by atoms with van der Waals surface area (Å²) in [5.74, 6) is 0. The Labute approximate surface area is 126 Å². The highest BCUT2D eigenvalue weighted by molar-refractivity contribution is 7.09. The van der Waals surface area contributed by atoms with Gasteiger partial charge in [-0.3, -0.25) is 0 Å². The summed E-state index contributed by atoms with van der Waals surface area (Å²) in [5.41, 5.74) is 1.42. The molecule has 2 aliphatic rings. The van der Waals surface area contributed by atoms with Crippen LogP contribution in [0.15, 0.2) is 5.38 Å². The van der Waals surface area contributed by atoms with E-state index in [9.17, 15) is 0 Å². The van der Waals surface area contributed by atoms with Crippen molar-refractivity contribution in [2.24, 2.45) is 0 Å². The number of thiazole rings is 1. The average molecular weight is 294 g/mol. The Morgan fingerprint density at radius 1 is 1.30 bits per heavy atom. The molecule has 1 aromatic heterocycles. The molecule has 1 saturated heterocycles. The summed E-state index contributed by atoms with van der Waals surface area (Å²) in [4.78, 5) is 5.00. The number of aromatic nitrogens is 1. The first-order chi connectivity index (χ1) is 9.50. The van der Waals surface area contributed by atoms with Crippen LogP contribution in [0.25, 0.3) is 0 Å². The summed E-state index contributed by atoms with van der Waals surface area (Å²) < 4.78 is 5.68. The van der Waals surface area contributed by atoms with E-state index >= 15 is 0 Å². The van der Waals surface area contributed by atoms with Crippen molar-refractivity contribution in [3.8, 4) is 0 Å². The molecule has 0 spiro atoms. The Morgan fingerprint density at radius 3 is 2.75 bits per heavy atom. The van der Waals surface area contributed by atoms with Crippen LogP contribution in [0.1, 0.15) is 63.6 Å². The Hall–Kier alpha value is -0.450. The van der Waals surface area contributed by atoms with Crippen molar-refractivity contribution in [2.45, 2.75) is 69.9 Å². The third-order valence-corrected chi connectivity index (χ3v) is 5.35. The van der Waals surface area contributed by atoms with E-state index in [0.29, 0.717) is 6.04 Å². The zero-order chi connectivity index (χ0) is 14.2. The lowest BCUT2D eigenvalue weighted by atomic mass is 9.90. The maximum atomic E-state index is 5.68. The third-order valence-electron chi connectivity index (χ3n) is 4.31. The van der Waals surface area contributed by atoms with E-state index < -0.39 is 0 Å². The van der Waals surface area contributed by atoms with Gasteiger partial charge in [-0.25, -0.2) is 4.98 Å². The Bertz CT molecular complexity index is 451. The fourth-order valence-corrected chi connectivity index (χ4v) is 4.10. The van der Waals surface area contributed by atoms with E-state index in [0.717, 1.165) is 32.5 Å². The second kappa shape index (κ2) is 5.39. The van der Waals surface area contributed by atoms with Gasteiger partial charge in [-0.15, -0.1) is 11.3 Å². The van der Waals surface area contributed by atoms with Gasteiger partial charge in [0.15, 0.2) is 0 Å². The van der Waals surface area contributed by atoms with Crippen LogP contribution in [0.5, 0.6) is 0 Å². The molecule has 4 heteroatoms. The van der Waals surface area contributed by atoms with Gasteiger partial charge in [0.25, 0.3) is 0 Å². The normalized spacial score (nSPS) is 28.4. The van der Waals surface area contributed by atoms with Crippen molar-refractivity contribution in [3.05, 3.63) is 16.1 Å². The smallest absolute Gasteiger partial charge is 0.113 e. The van der Waals surface area contributed by atoms with Crippen LogP contribution < -0.4 is 5.32 Å². The van der Waals surface area contributed by atoms with Gasteiger partial charge in [0.1, 0.15) is 5.01 Å². The molecule has 1 unspecified atom stereocenters. The third kappa shape index (κ3) is 3.07. The minimum Gasteiger partial charge on any atom is -0.381 e. The number of hydrogen-bond donors (Lipinski definition) is 1. The standard InChI is InChI=1S/C16H26N2OS/c1-15(2,3)13-11-20-14(17-13)16(18-12-5-6-12)7-4-9-19-10-8-16/h11-12,18H,4-10H2,1-3H3. The zero-order valence-electron chi connectivity index (χ0n) is 12.9. The molecule has 1 saturated carbocycles. The van der Waals surface area contributed by atoms with Gasteiger partial charge in [-0.05, 0) is 32.1 Å². The van der Waals surface area contributed by atoms with Crippen LogP contribution in [0.2, 0.25) is 0 Å². The minimum atomic E-state index is 0.0613. The van der Waals surface area contributed by atoms with E-state index in [-0.39, 0.29) is 11.0 Å². The van der Waals surface area contributed by atoms with E-state index in [2.05, 4.69) is 31.5 Å². The van der Waals surface area contributed by atoms with E-state index in [1.54, 1.807) is 0 Å². The van der Waals surface area contributed by atoms with Gasteiger partial charge < -0.3 is 10.1 Å². The average Bonchev–Trinajstić information content (AvgIpc) is 3.09. The Kier molecular flexibility index (Phi) is 3.91. The summed E-state index contributed by atoms with van der Waals surface area (Å²) in [6, 6.07) is 0.704. The largest absolute Gasteiger partial charge is 0.381 e. The summed E-state index contributed by atoms with van der Waals surface area (Å²) in [6.07, 6.45) is 5.98. The summed E-state index contributed by atoms with van der Waals surface area (Å²) >= 11 is 1.83. The van der Waals surface area contributed by atoms with Crippen molar-refractivity contribution in [1.82, 2.24) is 10.3 Å². The fraction of sp³-hybridized carbons (Fsp3) is 0.812. The van der Waals surface area contributed by atoms with Crippen LogP contribution in [-0.2, 0) is 15.7 Å². The lowest BCUT2D eigenvalue weighted by Gasteiger charge is -2.32. The highest BCUT2D eigenvalue weighted by Crippen LogP contribution is 2.39. The number of ether oxygens (including phenoxy) is 1. The molecule has 1 aliphatic heterocycles. The van der Waals surface area contributed by atoms with E-state index in [1.165, 1.54) is 23.5 Å². The lowest BCUT2D eigenvalue weighted by Crippen LogP contribution is -2.44. The highest BCUT2D eigenvalue weighted by Gasteiger charge is 2.40. The second-order valence-corrected chi connectivity index (χ2v) is 8.11. The van der Waals surface area contributed by atoms with Crippen LogP contribution in [0, 0.1) is 0 Å². The molecule has 0 bridgehead atoms. The topological polar surface area (TPSA) is 34.1 Å². The predicted octanol–water partition coefficient (Wildman–Crippen LogP) is 3.59. The highest BCUT2D eigenvalue weighted by atomic mass is 32.1. The van der Waals surface area contributed by atoms with Crippen molar-refractivity contribution in [1.29, 1.82) is 0 Å². The van der Waals surface area contributed by atoms with Gasteiger partial charge in [0.2, 0.25) is 0 Å². The molecule has 3 nitrogen and oxygen atoms in total. The number of nitrogens with zero attached hydrogens (tertiary/aromatic N) is 1. The summed E-state index contributed by atoms with van der Waals surface area (Å²) in [6.45, 7) is 8.46.